The second kappa shape index (κ2) is 8.18. The number of thioether (sulfide) groups is 1. The van der Waals surface area contributed by atoms with Gasteiger partial charge in [0.25, 0.3) is 5.91 Å². The number of amides is 1. The lowest BCUT2D eigenvalue weighted by atomic mass is 10.3. The number of nitrogens with zero attached hydrogens (tertiary/aromatic N) is 2. The molecule has 2 aromatic rings. The molecule has 0 atom stereocenters. The molecule has 1 aromatic heterocycles. The van der Waals surface area contributed by atoms with Crippen molar-refractivity contribution in [2.75, 3.05) is 20.3 Å². The highest BCUT2D eigenvalue weighted by Crippen LogP contribution is 2.34. The Hall–Kier alpha value is -2.31. The molecule has 2 heterocycles. The summed E-state index contributed by atoms with van der Waals surface area (Å²) in [5.41, 5.74) is 0.824. The molecule has 6 heteroatoms. The first-order chi connectivity index (χ1) is 12.2. The third kappa shape index (κ3) is 4.41. The minimum Gasteiger partial charge on any atom is -0.462 e. The SMILES string of the molecule is COCCCN1C(=O)/C(=C/c2ccc(C)o2)SC1=Nc1ccccc1. The van der Waals surface area contributed by atoms with Crippen LogP contribution in [-0.4, -0.2) is 36.2 Å². The maximum Gasteiger partial charge on any atom is 0.266 e. The van der Waals surface area contributed by atoms with Crippen molar-refractivity contribution in [2.45, 2.75) is 13.3 Å². The van der Waals surface area contributed by atoms with Crippen LogP contribution in [0.15, 0.2) is 56.8 Å². The van der Waals surface area contributed by atoms with E-state index in [1.807, 2.05) is 49.4 Å². The average molecular weight is 356 g/mol. The number of aryl methyl sites for hydroxylation is 1. The van der Waals surface area contributed by atoms with E-state index in [1.54, 1.807) is 18.1 Å². The first-order valence-electron chi connectivity index (χ1n) is 8.08. The lowest BCUT2D eigenvalue weighted by molar-refractivity contribution is -0.122. The Kier molecular flexibility index (Phi) is 5.73. The molecule has 0 radical (unpaired) electrons. The fraction of sp³-hybridized carbons (Fsp3) is 0.263. The molecule has 25 heavy (non-hydrogen) atoms. The number of methoxy groups -OCH3 is 1. The number of amidine groups is 1. The quantitative estimate of drug-likeness (QED) is 0.574. The minimum atomic E-state index is -0.0511. The second-order valence-corrected chi connectivity index (χ2v) is 6.60. The molecule has 0 N–H and O–H groups in total. The predicted molar refractivity (Wildman–Crippen MR) is 101 cm³/mol. The van der Waals surface area contributed by atoms with Crippen LogP contribution < -0.4 is 0 Å². The summed E-state index contributed by atoms with van der Waals surface area (Å²) in [5, 5.41) is 0.682. The van der Waals surface area contributed by atoms with Gasteiger partial charge in [-0.05, 0) is 49.4 Å². The van der Waals surface area contributed by atoms with Crippen LogP contribution in [0.25, 0.3) is 6.08 Å². The highest BCUT2D eigenvalue weighted by molar-refractivity contribution is 8.18. The summed E-state index contributed by atoms with van der Waals surface area (Å²) in [7, 11) is 1.66. The molecule has 0 saturated carbocycles. The van der Waals surface area contributed by atoms with Crippen molar-refractivity contribution >= 4 is 34.6 Å². The van der Waals surface area contributed by atoms with Crippen LogP contribution in [-0.2, 0) is 9.53 Å². The number of hydrogen-bond donors (Lipinski definition) is 0. The summed E-state index contributed by atoms with van der Waals surface area (Å²) < 4.78 is 10.7. The molecule has 1 aromatic carbocycles. The van der Waals surface area contributed by atoms with E-state index in [4.69, 9.17) is 9.15 Å². The number of carbonyl (C=O) groups is 1. The van der Waals surface area contributed by atoms with Crippen LogP contribution >= 0.6 is 11.8 Å². The van der Waals surface area contributed by atoms with Gasteiger partial charge in [-0.3, -0.25) is 9.69 Å². The Balaban J connectivity index is 1.87. The molecule has 0 spiro atoms. The van der Waals surface area contributed by atoms with E-state index in [0.29, 0.717) is 29.0 Å². The summed E-state index contributed by atoms with van der Waals surface area (Å²) in [6, 6.07) is 13.4. The molecule has 0 unspecified atom stereocenters. The van der Waals surface area contributed by atoms with Gasteiger partial charge in [0.2, 0.25) is 0 Å². The van der Waals surface area contributed by atoms with Gasteiger partial charge in [0, 0.05) is 26.3 Å². The van der Waals surface area contributed by atoms with Gasteiger partial charge >= 0.3 is 0 Å². The van der Waals surface area contributed by atoms with E-state index in [0.717, 1.165) is 17.9 Å². The third-order valence-corrected chi connectivity index (χ3v) is 4.64. The van der Waals surface area contributed by atoms with Crippen LogP contribution in [0, 0.1) is 6.92 Å². The Morgan fingerprint density at radius 2 is 2.04 bits per heavy atom. The topological polar surface area (TPSA) is 55.0 Å². The van der Waals surface area contributed by atoms with Gasteiger partial charge in [-0.2, -0.15) is 0 Å². The van der Waals surface area contributed by atoms with Crippen molar-refractivity contribution in [2.24, 2.45) is 4.99 Å². The molecule has 1 aliphatic rings. The molecule has 1 amide bonds. The van der Waals surface area contributed by atoms with E-state index in [1.165, 1.54) is 11.8 Å². The molecule has 0 aliphatic carbocycles. The summed E-state index contributed by atoms with van der Waals surface area (Å²) in [6.45, 7) is 3.05. The number of benzene rings is 1. The van der Waals surface area contributed by atoms with Crippen LogP contribution in [0.3, 0.4) is 0 Å². The highest BCUT2D eigenvalue weighted by atomic mass is 32.2. The summed E-state index contributed by atoms with van der Waals surface area (Å²) in [5.74, 6) is 1.44. The van der Waals surface area contributed by atoms with E-state index < -0.39 is 0 Å². The van der Waals surface area contributed by atoms with Crippen molar-refractivity contribution in [1.82, 2.24) is 4.90 Å². The number of para-hydroxylation sites is 1. The fourth-order valence-electron chi connectivity index (χ4n) is 2.43. The zero-order valence-electron chi connectivity index (χ0n) is 14.3. The Morgan fingerprint density at radius 3 is 2.72 bits per heavy atom. The number of ether oxygens (including phenoxy) is 1. The Bertz CT molecular complexity index is 796. The summed E-state index contributed by atoms with van der Waals surface area (Å²) in [6.07, 6.45) is 2.53. The molecule has 130 valence electrons. The second-order valence-electron chi connectivity index (χ2n) is 5.59. The third-order valence-electron chi connectivity index (χ3n) is 3.63. The number of hydrogen-bond acceptors (Lipinski definition) is 5. The van der Waals surface area contributed by atoms with E-state index in [9.17, 15) is 4.79 Å². The maximum atomic E-state index is 12.8. The first kappa shape index (κ1) is 17.5. The van der Waals surface area contributed by atoms with Crippen molar-refractivity contribution in [3.8, 4) is 0 Å². The molecule has 5 nitrogen and oxygen atoms in total. The van der Waals surface area contributed by atoms with Gasteiger partial charge in [-0.1, -0.05) is 18.2 Å². The van der Waals surface area contributed by atoms with Gasteiger partial charge in [0.1, 0.15) is 11.5 Å². The molecule has 1 saturated heterocycles. The monoisotopic (exact) mass is 356 g/mol. The van der Waals surface area contributed by atoms with E-state index >= 15 is 0 Å². The number of furan rings is 1. The normalized spacial score (nSPS) is 17.8. The minimum absolute atomic E-state index is 0.0511. The van der Waals surface area contributed by atoms with E-state index in [2.05, 4.69) is 4.99 Å². The van der Waals surface area contributed by atoms with Gasteiger partial charge in [-0.25, -0.2) is 4.99 Å². The molecular formula is C19H20N2O3S. The highest BCUT2D eigenvalue weighted by Gasteiger charge is 2.33. The lowest BCUT2D eigenvalue weighted by Gasteiger charge is -2.15. The van der Waals surface area contributed by atoms with Crippen LogP contribution in [0.1, 0.15) is 17.9 Å². The fourth-order valence-corrected chi connectivity index (χ4v) is 3.43. The molecule has 0 bridgehead atoms. The largest absolute Gasteiger partial charge is 0.462 e. The number of rotatable bonds is 6. The van der Waals surface area contributed by atoms with Gasteiger partial charge in [0.15, 0.2) is 5.17 Å². The first-order valence-corrected chi connectivity index (χ1v) is 8.89. The number of carbonyl (C=O) groups excluding carboxylic acids is 1. The summed E-state index contributed by atoms with van der Waals surface area (Å²) in [4.78, 5) is 19.7. The molecule has 3 rings (SSSR count). The summed E-state index contributed by atoms with van der Waals surface area (Å²) >= 11 is 1.37. The zero-order valence-corrected chi connectivity index (χ0v) is 15.1. The average Bonchev–Trinajstić information content (AvgIpc) is 3.14. The maximum absolute atomic E-state index is 12.8. The Morgan fingerprint density at radius 1 is 1.24 bits per heavy atom. The van der Waals surface area contributed by atoms with Crippen molar-refractivity contribution in [3.63, 3.8) is 0 Å². The van der Waals surface area contributed by atoms with Crippen LogP contribution in [0.2, 0.25) is 0 Å². The standard InChI is InChI=1S/C19H20N2O3S/c1-14-9-10-16(24-14)13-17-18(22)21(11-6-12-23-2)19(25-17)20-15-7-4-3-5-8-15/h3-5,7-10,13H,6,11-12H2,1-2H3/b17-13-,20-19?. The molecular weight excluding hydrogens is 336 g/mol. The lowest BCUT2D eigenvalue weighted by Crippen LogP contribution is -2.30. The van der Waals surface area contributed by atoms with Gasteiger partial charge in [0.05, 0.1) is 10.6 Å². The Labute approximate surface area is 151 Å². The van der Waals surface area contributed by atoms with Crippen molar-refractivity contribution in [3.05, 3.63) is 58.9 Å². The molecule has 1 fully saturated rings. The van der Waals surface area contributed by atoms with Crippen LogP contribution in [0.4, 0.5) is 5.69 Å². The van der Waals surface area contributed by atoms with Gasteiger partial charge < -0.3 is 9.15 Å². The number of aliphatic imine (C=N–C) groups is 1. The van der Waals surface area contributed by atoms with Crippen molar-refractivity contribution < 1.29 is 13.9 Å². The van der Waals surface area contributed by atoms with E-state index in [-0.39, 0.29) is 5.91 Å². The van der Waals surface area contributed by atoms with Crippen molar-refractivity contribution in [1.29, 1.82) is 0 Å². The van der Waals surface area contributed by atoms with Gasteiger partial charge in [-0.15, -0.1) is 0 Å². The zero-order chi connectivity index (χ0) is 17.6. The predicted octanol–water partition coefficient (Wildman–Crippen LogP) is 4.23. The molecule has 1 aliphatic heterocycles. The van der Waals surface area contributed by atoms with Crippen LogP contribution in [0.5, 0.6) is 0 Å². The smallest absolute Gasteiger partial charge is 0.266 e.